The van der Waals surface area contributed by atoms with E-state index in [1.807, 2.05) is 0 Å². The summed E-state index contributed by atoms with van der Waals surface area (Å²) in [7, 11) is 0. The van der Waals surface area contributed by atoms with E-state index in [2.05, 4.69) is 214 Å². The van der Waals surface area contributed by atoms with Gasteiger partial charge in [0.1, 0.15) is 4.83 Å². The van der Waals surface area contributed by atoms with Crippen molar-refractivity contribution in [3.63, 3.8) is 0 Å². The number of para-hydroxylation sites is 4. The maximum atomic E-state index is 5.72. The molecule has 0 aliphatic heterocycles. The van der Waals surface area contributed by atoms with Gasteiger partial charge in [-0.05, 0) is 77.9 Å². The Morgan fingerprint density at radius 3 is 1.78 bits per heavy atom. The molecule has 0 spiro atoms. The standard InChI is InChI=1S/C58H33N5S/c1-3-15-34(16-4-1)35-27-29-39-44-33-50-52(53-41-21-9-12-24-46(41)62(55(44)53)49(39)32-35)40-20-8-13-25-47(40)63(50)57-54-42-22-10-14-26-51(42)64-58(54)60-56(59-57)36-28-30-48-43(31-36)38-19-7-11-23-45(38)61(48)37-17-5-2-6-18-37/h1-33H. The van der Waals surface area contributed by atoms with Gasteiger partial charge in [-0.1, -0.05) is 133 Å². The molecule has 0 atom stereocenters. The highest BCUT2D eigenvalue weighted by Crippen LogP contribution is 2.48. The van der Waals surface area contributed by atoms with Crippen LogP contribution in [0.4, 0.5) is 0 Å². The predicted molar refractivity (Wildman–Crippen MR) is 269 cm³/mol. The van der Waals surface area contributed by atoms with Crippen LogP contribution < -0.4 is 0 Å². The molecule has 0 amide bonds. The minimum absolute atomic E-state index is 0.708. The van der Waals surface area contributed by atoms with Crippen molar-refractivity contribution in [1.29, 1.82) is 0 Å². The summed E-state index contributed by atoms with van der Waals surface area (Å²) in [5, 5.41) is 12.0. The number of benzene rings is 9. The summed E-state index contributed by atoms with van der Waals surface area (Å²) in [6, 6.07) is 72.7. The minimum atomic E-state index is 0.708. The number of hydrogen-bond acceptors (Lipinski definition) is 3. The Morgan fingerprint density at radius 1 is 0.344 bits per heavy atom. The quantitative estimate of drug-likeness (QED) is 0.177. The maximum absolute atomic E-state index is 5.72. The molecule has 0 saturated carbocycles. The van der Waals surface area contributed by atoms with Gasteiger partial charge in [-0.3, -0.25) is 4.57 Å². The Morgan fingerprint density at radius 2 is 0.969 bits per heavy atom. The first kappa shape index (κ1) is 34.3. The van der Waals surface area contributed by atoms with Gasteiger partial charge in [0.05, 0.1) is 44.0 Å². The van der Waals surface area contributed by atoms with Crippen LogP contribution >= 0.6 is 11.3 Å². The van der Waals surface area contributed by atoms with Crippen molar-refractivity contribution < 1.29 is 0 Å². The van der Waals surface area contributed by atoms with Crippen molar-refractivity contribution in [3.8, 4) is 34.0 Å². The third kappa shape index (κ3) is 4.51. The van der Waals surface area contributed by atoms with E-state index >= 15 is 0 Å². The van der Waals surface area contributed by atoms with Gasteiger partial charge >= 0.3 is 0 Å². The van der Waals surface area contributed by atoms with Crippen molar-refractivity contribution in [2.75, 3.05) is 0 Å². The molecule has 0 N–H and O–H groups in total. The Balaban J connectivity index is 1.07. The van der Waals surface area contributed by atoms with Gasteiger partial charge < -0.3 is 8.97 Å². The SMILES string of the molecule is c1ccc(-c2ccc3c4cc5c(c6ccccc6n5-c5nc(-c6ccc7c(c6)c6ccccc6n7-c6ccccc6)nc6sc7ccccc7c56)c5c6ccccc6n(c3c2)c45)cc1. The third-order valence-electron chi connectivity index (χ3n) is 13.6. The molecule has 5 nitrogen and oxygen atoms in total. The van der Waals surface area contributed by atoms with Crippen LogP contribution in [0.25, 0.3) is 136 Å². The van der Waals surface area contributed by atoms with Crippen LogP contribution in [0, 0.1) is 0 Å². The zero-order chi connectivity index (χ0) is 41.6. The molecule has 64 heavy (non-hydrogen) atoms. The van der Waals surface area contributed by atoms with Crippen LogP contribution in [0.3, 0.4) is 0 Å². The summed E-state index contributed by atoms with van der Waals surface area (Å²) in [6.45, 7) is 0. The summed E-state index contributed by atoms with van der Waals surface area (Å²) in [6.07, 6.45) is 0. The Kier molecular flexibility index (Phi) is 6.77. The van der Waals surface area contributed by atoms with Gasteiger partial charge in [0.2, 0.25) is 0 Å². The molecule has 6 aromatic heterocycles. The van der Waals surface area contributed by atoms with Crippen LogP contribution in [-0.4, -0.2) is 23.5 Å². The van der Waals surface area contributed by atoms with E-state index in [1.54, 1.807) is 11.3 Å². The lowest BCUT2D eigenvalue weighted by Gasteiger charge is -2.12. The molecule has 0 saturated heterocycles. The molecule has 0 unspecified atom stereocenters. The van der Waals surface area contributed by atoms with Crippen LogP contribution in [0.5, 0.6) is 0 Å². The molecule has 15 aromatic rings. The largest absolute Gasteiger partial charge is 0.309 e. The Labute approximate surface area is 369 Å². The van der Waals surface area contributed by atoms with Crippen molar-refractivity contribution in [1.82, 2.24) is 23.5 Å². The fourth-order valence-corrected chi connectivity index (χ4v) is 12.0. The zero-order valence-corrected chi connectivity index (χ0v) is 35.0. The highest BCUT2D eigenvalue weighted by Gasteiger charge is 2.27. The van der Waals surface area contributed by atoms with E-state index in [9.17, 15) is 0 Å². The zero-order valence-electron chi connectivity index (χ0n) is 34.2. The highest BCUT2D eigenvalue weighted by molar-refractivity contribution is 7.25. The van der Waals surface area contributed by atoms with E-state index in [4.69, 9.17) is 9.97 Å². The topological polar surface area (TPSA) is 40.0 Å². The second-order valence-corrected chi connectivity index (χ2v) is 17.9. The number of nitrogens with zero attached hydrogens (tertiary/aromatic N) is 5. The van der Waals surface area contributed by atoms with Crippen molar-refractivity contribution >= 4 is 113 Å². The molecule has 296 valence electrons. The minimum Gasteiger partial charge on any atom is -0.309 e. The van der Waals surface area contributed by atoms with E-state index in [0.717, 1.165) is 49.2 Å². The van der Waals surface area contributed by atoms with Gasteiger partial charge in [-0.25, -0.2) is 9.97 Å². The molecule has 6 heterocycles. The number of aromatic nitrogens is 5. The van der Waals surface area contributed by atoms with E-state index < -0.39 is 0 Å². The molecular weight excluding hydrogens is 799 g/mol. The molecule has 0 aliphatic carbocycles. The highest BCUT2D eigenvalue weighted by atomic mass is 32.1. The molecule has 0 radical (unpaired) electrons. The summed E-state index contributed by atoms with van der Waals surface area (Å²) in [4.78, 5) is 12.1. The molecule has 0 bridgehead atoms. The summed E-state index contributed by atoms with van der Waals surface area (Å²) >= 11 is 1.74. The van der Waals surface area contributed by atoms with E-state index in [-0.39, 0.29) is 0 Å². The smallest absolute Gasteiger partial charge is 0.163 e. The Hall–Kier alpha value is -8.32. The second kappa shape index (κ2) is 12.6. The van der Waals surface area contributed by atoms with Crippen LogP contribution in [0.2, 0.25) is 0 Å². The first-order valence-electron chi connectivity index (χ1n) is 21.7. The number of thiophene rings is 1. The predicted octanol–water partition coefficient (Wildman–Crippen LogP) is 15.5. The van der Waals surface area contributed by atoms with Crippen molar-refractivity contribution in [2.24, 2.45) is 0 Å². The molecular formula is C58H33N5S. The number of hydrogen-bond donors (Lipinski definition) is 0. The van der Waals surface area contributed by atoms with Crippen LogP contribution in [0.15, 0.2) is 200 Å². The summed E-state index contributed by atoms with van der Waals surface area (Å²) in [5.74, 6) is 1.60. The first-order valence-corrected chi connectivity index (χ1v) is 22.6. The van der Waals surface area contributed by atoms with Gasteiger partial charge in [0, 0.05) is 64.4 Å². The molecule has 0 aliphatic rings. The number of fused-ring (bicyclic) bond motifs is 16. The maximum Gasteiger partial charge on any atom is 0.163 e. The third-order valence-corrected chi connectivity index (χ3v) is 14.6. The summed E-state index contributed by atoms with van der Waals surface area (Å²) < 4.78 is 8.50. The molecule has 6 heteroatoms. The van der Waals surface area contributed by atoms with Gasteiger partial charge in [-0.2, -0.15) is 0 Å². The lowest BCUT2D eigenvalue weighted by molar-refractivity contribution is 1.08. The average Bonchev–Trinajstić information content (AvgIpc) is 4.16. The lowest BCUT2D eigenvalue weighted by Crippen LogP contribution is -2.02. The fraction of sp³-hybridized carbons (Fsp3) is 0. The van der Waals surface area contributed by atoms with Gasteiger partial charge in [-0.15, -0.1) is 11.3 Å². The van der Waals surface area contributed by atoms with E-state index in [0.29, 0.717) is 5.82 Å². The van der Waals surface area contributed by atoms with Crippen molar-refractivity contribution in [2.45, 2.75) is 0 Å². The molecule has 9 aromatic carbocycles. The monoisotopic (exact) mass is 831 g/mol. The van der Waals surface area contributed by atoms with E-state index in [1.165, 1.54) is 81.0 Å². The normalized spacial score (nSPS) is 12.4. The van der Waals surface area contributed by atoms with Crippen LogP contribution in [-0.2, 0) is 0 Å². The summed E-state index contributed by atoms with van der Waals surface area (Å²) in [5.41, 5.74) is 12.8. The van der Waals surface area contributed by atoms with Gasteiger partial charge in [0.25, 0.3) is 0 Å². The second-order valence-electron chi connectivity index (χ2n) is 16.9. The average molecular weight is 832 g/mol. The van der Waals surface area contributed by atoms with Crippen molar-refractivity contribution in [3.05, 3.63) is 200 Å². The lowest BCUT2D eigenvalue weighted by atomic mass is 10.0. The van der Waals surface area contributed by atoms with Crippen LogP contribution in [0.1, 0.15) is 0 Å². The molecule has 0 fully saturated rings. The Bertz CT molecular complexity index is 4420. The first-order chi connectivity index (χ1) is 31.8. The fourth-order valence-electron chi connectivity index (χ4n) is 10.9. The molecule has 15 rings (SSSR count). The number of rotatable bonds is 4. The van der Waals surface area contributed by atoms with Gasteiger partial charge in [0.15, 0.2) is 11.6 Å².